The number of carbonyl (C=O) groups excluding carboxylic acids is 1. The molecular weight excluding hydrogens is 518 g/mol. The summed E-state index contributed by atoms with van der Waals surface area (Å²) in [7, 11) is -2.19. The zero-order valence-corrected chi connectivity index (χ0v) is 21.0. The van der Waals surface area contributed by atoms with Crippen LogP contribution in [0.2, 0.25) is 0 Å². The van der Waals surface area contributed by atoms with Gasteiger partial charge in [0.2, 0.25) is 5.88 Å². The second-order valence-corrected chi connectivity index (χ2v) is 10.6. The number of methoxy groups -OCH3 is 1. The summed E-state index contributed by atoms with van der Waals surface area (Å²) in [6.07, 6.45) is -1.12. The van der Waals surface area contributed by atoms with Crippen molar-refractivity contribution >= 4 is 26.6 Å². The van der Waals surface area contributed by atoms with Crippen LogP contribution in [0.1, 0.15) is 33.7 Å². The van der Waals surface area contributed by atoms with Gasteiger partial charge in [0.25, 0.3) is 12.3 Å². The first-order valence-corrected chi connectivity index (χ1v) is 13.2. The fourth-order valence-electron chi connectivity index (χ4n) is 4.07. The molecule has 3 aromatic heterocycles. The van der Waals surface area contributed by atoms with Gasteiger partial charge in [-0.2, -0.15) is 0 Å². The summed E-state index contributed by atoms with van der Waals surface area (Å²) in [5.74, 6) is -0.559. The molecule has 196 valence electrons. The predicted molar refractivity (Wildman–Crippen MR) is 134 cm³/mol. The molecule has 0 saturated carbocycles. The van der Waals surface area contributed by atoms with E-state index >= 15 is 0 Å². The first kappa shape index (κ1) is 25.6. The number of benzene rings is 1. The Morgan fingerprint density at radius 2 is 1.97 bits per heavy atom. The number of sulfone groups is 1. The topological polar surface area (TPSA) is 120 Å². The highest BCUT2D eigenvalue weighted by Crippen LogP contribution is 2.31. The van der Waals surface area contributed by atoms with Crippen LogP contribution >= 0.6 is 0 Å². The Hall–Kier alpha value is -4.03. The van der Waals surface area contributed by atoms with Crippen molar-refractivity contribution in [2.75, 3.05) is 19.5 Å². The molecule has 0 radical (unpaired) electrons. The molecule has 4 heterocycles. The number of nitrogens with one attached hydrogen (secondary N) is 1. The van der Waals surface area contributed by atoms with Crippen molar-refractivity contribution in [3.63, 3.8) is 0 Å². The third kappa shape index (κ3) is 5.18. The van der Waals surface area contributed by atoms with Gasteiger partial charge in [-0.25, -0.2) is 27.2 Å². The molecule has 1 aromatic carbocycles. The Morgan fingerprint density at radius 1 is 1.13 bits per heavy atom. The number of hydrogen-bond acceptors (Lipinski definition) is 8. The summed E-state index contributed by atoms with van der Waals surface area (Å²) in [4.78, 5) is 25.7. The molecule has 0 fully saturated rings. The van der Waals surface area contributed by atoms with Crippen molar-refractivity contribution in [2.24, 2.45) is 0 Å². The minimum atomic E-state index is -3.54. The lowest BCUT2D eigenvalue weighted by atomic mass is 10.1. The number of halogens is 2. The highest BCUT2D eigenvalue weighted by Gasteiger charge is 2.24. The smallest absolute Gasteiger partial charge is 0.280 e. The van der Waals surface area contributed by atoms with Crippen molar-refractivity contribution in [3.8, 4) is 17.1 Å². The van der Waals surface area contributed by atoms with Gasteiger partial charge < -0.3 is 14.8 Å². The fourth-order valence-corrected chi connectivity index (χ4v) is 5.46. The maximum absolute atomic E-state index is 13.0. The van der Waals surface area contributed by atoms with Gasteiger partial charge >= 0.3 is 0 Å². The third-order valence-corrected chi connectivity index (χ3v) is 7.81. The van der Waals surface area contributed by atoms with Crippen LogP contribution in [0.4, 0.5) is 8.78 Å². The Morgan fingerprint density at radius 3 is 2.76 bits per heavy atom. The maximum Gasteiger partial charge on any atom is 0.280 e. The number of rotatable bonds is 6. The third-order valence-electron chi connectivity index (χ3n) is 6.05. The second kappa shape index (κ2) is 10.4. The summed E-state index contributed by atoms with van der Waals surface area (Å²) in [6.45, 7) is 0.346. The monoisotopic (exact) mass is 540 g/mol. The van der Waals surface area contributed by atoms with Crippen molar-refractivity contribution in [1.29, 1.82) is 0 Å². The number of hydrogen-bond donors (Lipinski definition) is 1. The fraction of sp³-hybridized carbons (Fsp3) is 0.231. The lowest BCUT2D eigenvalue weighted by Crippen LogP contribution is -2.23. The molecule has 4 aromatic rings. The largest absolute Gasteiger partial charge is 0.480 e. The Balaban J connectivity index is 1.37. The number of aromatic nitrogens is 3. The molecule has 38 heavy (non-hydrogen) atoms. The summed E-state index contributed by atoms with van der Waals surface area (Å²) >= 11 is 0. The molecule has 0 spiro atoms. The Kier molecular flexibility index (Phi) is 7.00. The molecule has 9 nitrogen and oxygen atoms in total. The number of ether oxygens (including phenoxy) is 2. The lowest BCUT2D eigenvalue weighted by molar-refractivity contribution is 0.0950. The molecule has 0 saturated heterocycles. The molecule has 0 atom stereocenters. The van der Waals surface area contributed by atoms with Crippen LogP contribution in [0, 0.1) is 0 Å². The molecule has 0 unspecified atom stereocenters. The van der Waals surface area contributed by atoms with Crippen LogP contribution < -0.4 is 10.1 Å². The van der Waals surface area contributed by atoms with E-state index in [0.29, 0.717) is 28.0 Å². The summed E-state index contributed by atoms with van der Waals surface area (Å²) < 4.78 is 61.6. The van der Waals surface area contributed by atoms with Gasteiger partial charge in [0.15, 0.2) is 9.84 Å². The van der Waals surface area contributed by atoms with Crippen LogP contribution in [0.15, 0.2) is 59.6 Å². The number of amides is 1. The van der Waals surface area contributed by atoms with E-state index in [0.717, 1.165) is 5.39 Å². The minimum Gasteiger partial charge on any atom is -0.480 e. The van der Waals surface area contributed by atoms with Gasteiger partial charge in [0.05, 0.1) is 60.0 Å². The second-order valence-electron chi connectivity index (χ2n) is 8.54. The highest BCUT2D eigenvalue weighted by atomic mass is 32.2. The minimum absolute atomic E-state index is 0.0329. The molecule has 1 amide bonds. The zero-order chi connectivity index (χ0) is 26.9. The Labute approximate surface area is 216 Å². The van der Waals surface area contributed by atoms with Crippen LogP contribution in [0.25, 0.3) is 22.2 Å². The van der Waals surface area contributed by atoms with Gasteiger partial charge in [-0.05, 0) is 48.0 Å². The quantitative estimate of drug-likeness (QED) is 0.391. The first-order chi connectivity index (χ1) is 18.2. The van der Waals surface area contributed by atoms with Crippen molar-refractivity contribution in [1.82, 2.24) is 20.3 Å². The zero-order valence-electron chi connectivity index (χ0n) is 20.1. The van der Waals surface area contributed by atoms with Crippen molar-refractivity contribution in [3.05, 3.63) is 77.2 Å². The summed E-state index contributed by atoms with van der Waals surface area (Å²) in [5.41, 5.74) is 2.35. The van der Waals surface area contributed by atoms with Crippen LogP contribution in [-0.2, 0) is 27.7 Å². The van der Waals surface area contributed by atoms with E-state index in [9.17, 15) is 22.0 Å². The number of nitrogens with zero attached hydrogens (tertiary/aromatic N) is 3. The first-order valence-electron chi connectivity index (χ1n) is 11.6. The maximum atomic E-state index is 13.0. The highest BCUT2D eigenvalue weighted by molar-refractivity contribution is 7.91. The van der Waals surface area contributed by atoms with E-state index in [1.54, 1.807) is 36.5 Å². The molecule has 0 bridgehead atoms. The molecule has 1 aliphatic heterocycles. The van der Waals surface area contributed by atoms with Gasteiger partial charge in [-0.1, -0.05) is 6.07 Å². The van der Waals surface area contributed by atoms with Gasteiger partial charge in [0.1, 0.15) is 5.69 Å². The summed E-state index contributed by atoms with van der Waals surface area (Å²) in [6, 6.07) is 12.4. The Bertz CT molecular complexity index is 1650. The van der Waals surface area contributed by atoms with Gasteiger partial charge in [-0.15, -0.1) is 0 Å². The van der Waals surface area contributed by atoms with Crippen molar-refractivity contribution < 1.29 is 31.5 Å². The van der Waals surface area contributed by atoms with E-state index in [-0.39, 0.29) is 41.9 Å². The van der Waals surface area contributed by atoms with Crippen LogP contribution in [0.5, 0.6) is 5.88 Å². The molecule has 1 aliphatic rings. The predicted octanol–water partition coefficient (Wildman–Crippen LogP) is 3.87. The van der Waals surface area contributed by atoms with Crippen LogP contribution in [0.3, 0.4) is 0 Å². The molecule has 12 heteroatoms. The molecular formula is C26H22F2N4O5S. The van der Waals surface area contributed by atoms with Gasteiger partial charge in [-0.3, -0.25) is 9.78 Å². The number of pyridine rings is 3. The SMILES string of the molecule is COc1nc(C(F)F)ccc1-c1ccc2cnc(CNC(=O)c3ccc4c(c3)S(=O)(=O)CCOC4)cc2n1. The van der Waals surface area contributed by atoms with Gasteiger partial charge in [0, 0.05) is 17.1 Å². The summed E-state index contributed by atoms with van der Waals surface area (Å²) in [5, 5.41) is 3.49. The number of fused-ring (bicyclic) bond motifs is 2. The van der Waals surface area contributed by atoms with Crippen LogP contribution in [-0.4, -0.2) is 48.7 Å². The standard InChI is InChI=1S/C26H22F2N4O5S/c1-36-26-19(5-7-21(32-26)24(27)28)20-6-4-16-12-29-18(11-22(16)31-20)13-30-25(33)15-2-3-17-14-37-8-9-38(34,35)23(17)10-15/h2-7,10-12,24H,8-9,13-14H2,1H3,(H,30,33). The van der Waals surface area contributed by atoms with E-state index in [2.05, 4.69) is 20.3 Å². The molecule has 0 aliphatic carbocycles. The number of alkyl halides is 2. The molecule has 1 N–H and O–H groups in total. The lowest BCUT2D eigenvalue weighted by Gasteiger charge is -2.11. The number of carbonyl (C=O) groups is 1. The average molecular weight is 541 g/mol. The molecule has 5 rings (SSSR count). The van der Waals surface area contributed by atoms with E-state index < -0.39 is 27.9 Å². The van der Waals surface area contributed by atoms with E-state index in [1.807, 2.05) is 0 Å². The van der Waals surface area contributed by atoms with E-state index in [1.165, 1.54) is 25.3 Å². The average Bonchev–Trinajstić information content (AvgIpc) is 3.08. The normalized spacial score (nSPS) is 14.6. The van der Waals surface area contributed by atoms with E-state index in [4.69, 9.17) is 9.47 Å². The van der Waals surface area contributed by atoms with Crippen molar-refractivity contribution in [2.45, 2.75) is 24.5 Å².